The van der Waals surface area contributed by atoms with E-state index < -0.39 is 68.9 Å². The van der Waals surface area contributed by atoms with Crippen LogP contribution in [0.4, 0.5) is 92.2 Å². The van der Waals surface area contributed by atoms with Gasteiger partial charge in [-0.25, -0.2) is 0 Å². The molecule has 1 N–H and O–H groups in total. The van der Waals surface area contributed by atoms with Crippen LogP contribution in [-0.4, -0.2) is 90.6 Å². The first kappa shape index (κ1) is 37.2. The van der Waals surface area contributed by atoms with E-state index in [0.29, 0.717) is 0 Å². The predicted octanol–water partition coefficient (Wildman–Crippen LogP) is 5.46. The van der Waals surface area contributed by atoms with Crippen molar-refractivity contribution in [2.45, 2.75) is 58.8 Å². The molecule has 0 heterocycles. The van der Waals surface area contributed by atoms with Crippen LogP contribution < -0.4 is 0 Å². The zero-order valence-corrected chi connectivity index (χ0v) is 15.4. The molecule has 0 bridgehead atoms. The summed E-state index contributed by atoms with van der Waals surface area (Å²) in [5, 5.41) is -8.06. The van der Waals surface area contributed by atoms with Crippen LogP contribution in [0.2, 0.25) is 0 Å². The Morgan fingerprint density at radius 1 is 0.361 bits per heavy atom. The Labute approximate surface area is 193 Å². The van der Waals surface area contributed by atoms with E-state index in [0.717, 1.165) is 0 Å². The Hall–Kier alpha value is -0.963. The molecule has 0 aliphatic heterocycles. The molecule has 0 radical (unpaired) electrons. The van der Waals surface area contributed by atoms with Crippen molar-refractivity contribution in [3.05, 3.63) is 0 Å². The summed E-state index contributed by atoms with van der Waals surface area (Å²) in [4.78, 5) is 0. The molecule has 0 amide bonds. The van der Waals surface area contributed by atoms with Crippen LogP contribution in [0.25, 0.3) is 0 Å². The van der Waals surface area contributed by atoms with Crippen LogP contribution in [0.3, 0.4) is 0 Å². The van der Waals surface area contributed by atoms with Gasteiger partial charge in [0.05, 0.1) is 0 Å². The fourth-order valence-electron chi connectivity index (χ4n) is 1.71. The molecule has 0 aliphatic rings. The van der Waals surface area contributed by atoms with E-state index in [2.05, 4.69) is 0 Å². The Kier molecular flexibility index (Phi) is 9.07. The summed E-state index contributed by atoms with van der Waals surface area (Å²) in [7, 11) is -8.09. The van der Waals surface area contributed by atoms with E-state index in [1.165, 1.54) is 0 Å². The van der Waals surface area contributed by atoms with Crippen molar-refractivity contribution in [3.63, 3.8) is 0 Å². The Bertz CT molecular complexity index is 919. The molecule has 3 nitrogen and oxygen atoms in total. The van der Waals surface area contributed by atoms with Gasteiger partial charge >= 0.3 is 87.8 Å². The Morgan fingerprint density at radius 3 is 0.694 bits per heavy atom. The third-order valence-corrected chi connectivity index (χ3v) is 4.71. The first-order valence-electron chi connectivity index (χ1n) is 6.94. The second kappa shape index (κ2) is 8.78. The molecule has 214 valence electrons. The molecule has 0 saturated carbocycles. The molecule has 0 rings (SSSR count). The molecule has 0 atom stereocenters. The summed E-state index contributed by atoms with van der Waals surface area (Å²) in [6, 6.07) is 0. The van der Waals surface area contributed by atoms with Gasteiger partial charge in [-0.1, -0.05) is 0 Å². The molecule has 0 fully saturated rings. The van der Waals surface area contributed by atoms with Crippen molar-refractivity contribution in [1.29, 1.82) is 0 Å². The number of hydrogen-bond donors (Lipinski definition) is 1. The minimum atomic E-state index is -9.38. The third kappa shape index (κ3) is 4.28. The average Bonchev–Trinajstić information content (AvgIpc) is 2.58. The van der Waals surface area contributed by atoms with Crippen LogP contribution in [0.1, 0.15) is 0 Å². The third-order valence-electron chi connectivity index (χ3n) is 3.81. The molecule has 0 spiro atoms. The molecule has 0 aliphatic carbocycles. The van der Waals surface area contributed by atoms with E-state index in [1.54, 1.807) is 0 Å². The van der Waals surface area contributed by atoms with E-state index >= 15 is 0 Å². The first-order chi connectivity index (χ1) is 14.5. The van der Waals surface area contributed by atoms with Crippen LogP contribution in [0.15, 0.2) is 0 Å². The fourth-order valence-corrected chi connectivity index (χ4v) is 2.16. The van der Waals surface area contributed by atoms with Crippen molar-refractivity contribution >= 4 is 29.0 Å². The predicted molar refractivity (Wildman–Crippen MR) is 69.3 cm³/mol. The van der Waals surface area contributed by atoms with E-state index in [4.69, 9.17) is 4.55 Å². The molecular formula is C10H2F21LiO3S. The minimum absolute atomic E-state index is 0. The average molecular weight is 608 g/mol. The van der Waals surface area contributed by atoms with Gasteiger partial charge in [-0.3, -0.25) is 4.55 Å². The van der Waals surface area contributed by atoms with Gasteiger partial charge in [-0.05, 0) is 0 Å². The molecule has 36 heavy (non-hydrogen) atoms. The van der Waals surface area contributed by atoms with Gasteiger partial charge in [0.25, 0.3) is 0 Å². The summed E-state index contributed by atoms with van der Waals surface area (Å²) in [5.74, 6) is -72.6. The first-order valence-corrected chi connectivity index (χ1v) is 8.38. The van der Waals surface area contributed by atoms with Gasteiger partial charge in [0.15, 0.2) is 0 Å². The monoisotopic (exact) mass is 608 g/mol. The Morgan fingerprint density at radius 2 is 0.528 bits per heavy atom. The fraction of sp³-hybridized carbons (Fsp3) is 1.00. The van der Waals surface area contributed by atoms with Gasteiger partial charge in [-0.2, -0.15) is 101 Å². The topological polar surface area (TPSA) is 54.4 Å². The second-order valence-electron chi connectivity index (χ2n) is 6.08. The normalized spacial score (nSPS) is 16.6. The molecule has 0 aromatic carbocycles. The summed E-state index contributed by atoms with van der Waals surface area (Å²) in [5.41, 5.74) is 0. The quantitative estimate of drug-likeness (QED) is 0.215. The molecule has 0 aromatic rings. The van der Waals surface area contributed by atoms with Gasteiger partial charge in [-0.15, -0.1) is 0 Å². The summed E-state index contributed by atoms with van der Waals surface area (Å²) in [6.45, 7) is 0. The standard InChI is InChI=1S/C10HF21O3S.Li.H/c11-1(12,3(15,16)5(19,20)7(23,24)9(27,28)29)2(13,14)4(17,18)6(21,22)8(25,26)10(30,31)35(32,33)34;;/h(H,32,33,34);;. The molecule has 0 saturated heterocycles. The number of rotatable bonds is 9. The van der Waals surface area contributed by atoms with Crippen LogP contribution in [-0.2, 0) is 10.1 Å². The zero-order valence-electron chi connectivity index (χ0n) is 14.6. The molecule has 0 aromatic heterocycles. The van der Waals surface area contributed by atoms with Gasteiger partial charge in [0, 0.05) is 0 Å². The zero-order chi connectivity index (χ0) is 29.5. The maximum absolute atomic E-state index is 13.3. The van der Waals surface area contributed by atoms with Gasteiger partial charge < -0.3 is 0 Å². The maximum atomic E-state index is 13.3. The van der Waals surface area contributed by atoms with Gasteiger partial charge in [0.1, 0.15) is 0 Å². The van der Waals surface area contributed by atoms with E-state index in [9.17, 15) is 101 Å². The van der Waals surface area contributed by atoms with Crippen molar-refractivity contribution in [2.75, 3.05) is 0 Å². The van der Waals surface area contributed by atoms with E-state index in [1.807, 2.05) is 0 Å². The van der Waals surface area contributed by atoms with Gasteiger partial charge in [0.2, 0.25) is 0 Å². The van der Waals surface area contributed by atoms with Crippen molar-refractivity contribution in [1.82, 2.24) is 0 Å². The second-order valence-corrected chi connectivity index (χ2v) is 7.55. The molecule has 0 unspecified atom stereocenters. The van der Waals surface area contributed by atoms with Crippen molar-refractivity contribution in [2.24, 2.45) is 0 Å². The SMILES string of the molecule is O=S(=O)(O)C(F)(F)C(F)(F)C(F)(F)C(F)(F)C(F)(F)C(F)(F)C(F)(F)C(F)(F)C(F)(F)C(F)(F)F.[LiH]. The number of halogens is 21. The summed E-state index contributed by atoms with van der Waals surface area (Å²) >= 11 is 0. The molecular weight excluding hydrogens is 606 g/mol. The van der Waals surface area contributed by atoms with Crippen LogP contribution in [0, 0.1) is 0 Å². The summed E-state index contributed by atoms with van der Waals surface area (Å²) < 4.78 is 298. The Balaban J connectivity index is 0. The van der Waals surface area contributed by atoms with Crippen molar-refractivity contribution in [3.8, 4) is 0 Å². The van der Waals surface area contributed by atoms with Crippen molar-refractivity contribution < 1.29 is 105 Å². The number of alkyl halides is 21. The number of hydrogen-bond acceptors (Lipinski definition) is 2. The van der Waals surface area contributed by atoms with Crippen LogP contribution >= 0.6 is 0 Å². The van der Waals surface area contributed by atoms with Crippen LogP contribution in [0.5, 0.6) is 0 Å². The van der Waals surface area contributed by atoms with E-state index in [-0.39, 0.29) is 18.9 Å². The summed E-state index contributed by atoms with van der Waals surface area (Å²) in [6.07, 6.45) is -8.08. The molecule has 26 heteroatoms.